The van der Waals surface area contributed by atoms with Gasteiger partial charge in [0.05, 0.1) is 0 Å². The number of benzene rings is 1. The maximum Gasteiger partial charge on any atom is 0.312 e. The first-order valence-corrected chi connectivity index (χ1v) is 5.11. The van der Waals surface area contributed by atoms with Crippen LogP contribution in [-0.2, 0) is 6.42 Å². The van der Waals surface area contributed by atoms with Crippen LogP contribution in [0, 0.1) is 20.8 Å². The van der Waals surface area contributed by atoms with Crippen molar-refractivity contribution in [2.45, 2.75) is 27.2 Å². The van der Waals surface area contributed by atoms with Gasteiger partial charge in [-0.1, -0.05) is 12.1 Å². The van der Waals surface area contributed by atoms with Crippen LogP contribution < -0.4 is 11.1 Å². The summed E-state index contributed by atoms with van der Waals surface area (Å²) in [6.07, 6.45) is 0.829. The normalized spacial score (nSPS) is 10.1. The number of primary amides is 1. The van der Waals surface area contributed by atoms with Crippen molar-refractivity contribution in [3.05, 3.63) is 34.4 Å². The van der Waals surface area contributed by atoms with Crippen molar-refractivity contribution in [2.75, 3.05) is 6.54 Å². The fourth-order valence-corrected chi connectivity index (χ4v) is 1.60. The SMILES string of the molecule is Cc1ccc(CCNC(N)=O)c(C)c1C. The average molecular weight is 206 g/mol. The van der Waals surface area contributed by atoms with Gasteiger partial charge in [-0.15, -0.1) is 0 Å². The Morgan fingerprint density at radius 2 is 1.93 bits per heavy atom. The molecule has 15 heavy (non-hydrogen) atoms. The molecule has 0 heterocycles. The molecular formula is C12H18N2O. The summed E-state index contributed by atoms with van der Waals surface area (Å²) in [5.41, 5.74) is 10.2. The third kappa shape index (κ3) is 2.98. The maximum absolute atomic E-state index is 10.5. The van der Waals surface area contributed by atoms with E-state index in [4.69, 9.17) is 5.73 Å². The molecule has 3 heteroatoms. The first-order chi connectivity index (χ1) is 7.02. The first kappa shape index (κ1) is 11.6. The summed E-state index contributed by atoms with van der Waals surface area (Å²) in [7, 11) is 0. The van der Waals surface area contributed by atoms with Gasteiger partial charge < -0.3 is 11.1 Å². The molecule has 0 aliphatic rings. The molecule has 3 nitrogen and oxygen atoms in total. The highest BCUT2D eigenvalue weighted by Gasteiger charge is 2.03. The summed E-state index contributed by atoms with van der Waals surface area (Å²) < 4.78 is 0. The van der Waals surface area contributed by atoms with E-state index in [1.165, 1.54) is 22.3 Å². The summed E-state index contributed by atoms with van der Waals surface area (Å²) in [5.74, 6) is 0. The van der Waals surface area contributed by atoms with E-state index in [1.54, 1.807) is 0 Å². The molecule has 1 aromatic carbocycles. The molecule has 0 saturated carbocycles. The quantitative estimate of drug-likeness (QED) is 0.778. The molecule has 0 fully saturated rings. The third-order valence-corrected chi connectivity index (χ3v) is 2.86. The fourth-order valence-electron chi connectivity index (χ4n) is 1.60. The van der Waals surface area contributed by atoms with E-state index < -0.39 is 6.03 Å². The second-order valence-electron chi connectivity index (χ2n) is 3.83. The molecule has 0 unspecified atom stereocenters. The Labute approximate surface area is 90.7 Å². The van der Waals surface area contributed by atoms with Crippen molar-refractivity contribution in [1.82, 2.24) is 5.32 Å². The zero-order chi connectivity index (χ0) is 11.4. The van der Waals surface area contributed by atoms with Gasteiger partial charge in [-0.3, -0.25) is 0 Å². The molecule has 0 atom stereocenters. The van der Waals surface area contributed by atoms with Crippen LogP contribution in [0.15, 0.2) is 12.1 Å². The van der Waals surface area contributed by atoms with Gasteiger partial charge in [0.15, 0.2) is 0 Å². The molecule has 0 bridgehead atoms. The predicted octanol–water partition coefficient (Wildman–Crippen LogP) is 1.82. The van der Waals surface area contributed by atoms with Crippen molar-refractivity contribution in [3.63, 3.8) is 0 Å². The lowest BCUT2D eigenvalue weighted by Crippen LogP contribution is -2.31. The lowest BCUT2D eigenvalue weighted by atomic mass is 9.97. The summed E-state index contributed by atoms with van der Waals surface area (Å²) in [5, 5.41) is 2.59. The van der Waals surface area contributed by atoms with E-state index in [0.717, 1.165) is 6.42 Å². The Morgan fingerprint density at radius 3 is 2.53 bits per heavy atom. The second-order valence-corrected chi connectivity index (χ2v) is 3.83. The Bertz CT molecular complexity index is 372. The molecule has 1 rings (SSSR count). The largest absolute Gasteiger partial charge is 0.352 e. The molecule has 0 spiro atoms. The molecule has 0 aromatic heterocycles. The molecule has 0 radical (unpaired) electrons. The Balaban J connectivity index is 2.70. The Kier molecular flexibility index (Phi) is 3.72. The molecular weight excluding hydrogens is 188 g/mol. The van der Waals surface area contributed by atoms with Gasteiger partial charge in [0.2, 0.25) is 0 Å². The van der Waals surface area contributed by atoms with Gasteiger partial charge >= 0.3 is 6.03 Å². The topological polar surface area (TPSA) is 55.1 Å². The number of hydrogen-bond acceptors (Lipinski definition) is 1. The standard InChI is InChI=1S/C12H18N2O/c1-8-4-5-11(10(3)9(8)2)6-7-14-12(13)15/h4-5H,6-7H2,1-3H3,(H3,13,14,15). The van der Waals surface area contributed by atoms with Gasteiger partial charge in [0.25, 0.3) is 0 Å². The number of hydrogen-bond donors (Lipinski definition) is 2. The van der Waals surface area contributed by atoms with Gasteiger partial charge in [-0.05, 0) is 49.4 Å². The number of nitrogens with one attached hydrogen (secondary N) is 1. The zero-order valence-corrected chi connectivity index (χ0v) is 9.55. The zero-order valence-electron chi connectivity index (χ0n) is 9.55. The number of carbonyl (C=O) groups excluding carboxylic acids is 1. The summed E-state index contributed by atoms with van der Waals surface area (Å²) >= 11 is 0. The van der Waals surface area contributed by atoms with E-state index in [9.17, 15) is 4.79 Å². The molecule has 2 amide bonds. The van der Waals surface area contributed by atoms with Crippen LogP contribution in [0.3, 0.4) is 0 Å². The van der Waals surface area contributed by atoms with Crippen LogP contribution in [0.25, 0.3) is 0 Å². The molecule has 0 aliphatic heterocycles. The summed E-state index contributed by atoms with van der Waals surface area (Å²) in [4.78, 5) is 10.5. The fraction of sp³-hybridized carbons (Fsp3) is 0.417. The third-order valence-electron chi connectivity index (χ3n) is 2.86. The summed E-state index contributed by atoms with van der Waals surface area (Å²) in [6.45, 7) is 6.93. The van der Waals surface area contributed by atoms with Crippen molar-refractivity contribution >= 4 is 6.03 Å². The number of rotatable bonds is 3. The Hall–Kier alpha value is -1.51. The Morgan fingerprint density at radius 1 is 1.27 bits per heavy atom. The van der Waals surface area contributed by atoms with E-state index in [-0.39, 0.29) is 0 Å². The minimum Gasteiger partial charge on any atom is -0.352 e. The van der Waals surface area contributed by atoms with Crippen molar-refractivity contribution in [3.8, 4) is 0 Å². The van der Waals surface area contributed by atoms with E-state index in [2.05, 4.69) is 38.2 Å². The van der Waals surface area contributed by atoms with Crippen LogP contribution in [0.4, 0.5) is 4.79 Å². The second kappa shape index (κ2) is 4.82. The van der Waals surface area contributed by atoms with Crippen molar-refractivity contribution < 1.29 is 4.79 Å². The van der Waals surface area contributed by atoms with E-state index in [0.29, 0.717) is 6.54 Å². The van der Waals surface area contributed by atoms with Crippen LogP contribution in [-0.4, -0.2) is 12.6 Å². The van der Waals surface area contributed by atoms with Crippen molar-refractivity contribution in [2.24, 2.45) is 5.73 Å². The highest BCUT2D eigenvalue weighted by Crippen LogP contribution is 2.17. The van der Waals surface area contributed by atoms with Crippen LogP contribution >= 0.6 is 0 Å². The molecule has 1 aromatic rings. The molecule has 0 saturated heterocycles. The first-order valence-electron chi connectivity index (χ1n) is 5.11. The average Bonchev–Trinajstić information content (AvgIpc) is 2.18. The summed E-state index contributed by atoms with van der Waals surface area (Å²) in [6, 6.07) is 3.76. The number of carbonyl (C=O) groups is 1. The number of amides is 2. The lowest BCUT2D eigenvalue weighted by Gasteiger charge is -2.11. The van der Waals surface area contributed by atoms with E-state index >= 15 is 0 Å². The number of aryl methyl sites for hydroxylation is 1. The van der Waals surface area contributed by atoms with Crippen LogP contribution in [0.1, 0.15) is 22.3 Å². The van der Waals surface area contributed by atoms with Crippen molar-refractivity contribution in [1.29, 1.82) is 0 Å². The maximum atomic E-state index is 10.5. The van der Waals surface area contributed by atoms with Gasteiger partial charge in [0, 0.05) is 6.54 Å². The van der Waals surface area contributed by atoms with Gasteiger partial charge in [-0.2, -0.15) is 0 Å². The monoisotopic (exact) mass is 206 g/mol. The van der Waals surface area contributed by atoms with Crippen LogP contribution in [0.5, 0.6) is 0 Å². The van der Waals surface area contributed by atoms with Crippen LogP contribution in [0.2, 0.25) is 0 Å². The number of urea groups is 1. The molecule has 3 N–H and O–H groups in total. The minimum atomic E-state index is -0.462. The van der Waals surface area contributed by atoms with Gasteiger partial charge in [-0.25, -0.2) is 4.79 Å². The predicted molar refractivity (Wildman–Crippen MR) is 61.9 cm³/mol. The molecule has 82 valence electrons. The highest BCUT2D eigenvalue weighted by atomic mass is 16.2. The molecule has 0 aliphatic carbocycles. The lowest BCUT2D eigenvalue weighted by molar-refractivity contribution is 0.249. The number of nitrogens with two attached hydrogens (primary N) is 1. The minimum absolute atomic E-state index is 0.462. The highest BCUT2D eigenvalue weighted by molar-refractivity contribution is 5.71. The van der Waals surface area contributed by atoms with Gasteiger partial charge in [0.1, 0.15) is 0 Å². The smallest absolute Gasteiger partial charge is 0.312 e. The van der Waals surface area contributed by atoms with E-state index in [1.807, 2.05) is 0 Å².